The van der Waals surface area contributed by atoms with Crippen LogP contribution in [0.1, 0.15) is 30.1 Å². The molecule has 1 aliphatic heterocycles. The Morgan fingerprint density at radius 2 is 2.29 bits per heavy atom. The summed E-state index contributed by atoms with van der Waals surface area (Å²) in [4.78, 5) is 12.3. The van der Waals surface area contributed by atoms with Gasteiger partial charge in [-0.05, 0) is 31.9 Å². The maximum atomic E-state index is 12.3. The van der Waals surface area contributed by atoms with Crippen LogP contribution in [0.3, 0.4) is 0 Å². The van der Waals surface area contributed by atoms with Crippen molar-refractivity contribution < 1.29 is 19.0 Å². The number of methoxy groups -OCH3 is 1. The zero-order chi connectivity index (χ0) is 15.1. The minimum Gasteiger partial charge on any atom is -0.490 e. The molecule has 0 aromatic heterocycles. The van der Waals surface area contributed by atoms with Crippen molar-refractivity contribution in [1.82, 2.24) is 5.32 Å². The van der Waals surface area contributed by atoms with Gasteiger partial charge in [0.15, 0.2) is 0 Å². The van der Waals surface area contributed by atoms with Gasteiger partial charge in [0.2, 0.25) is 0 Å². The van der Waals surface area contributed by atoms with Crippen LogP contribution >= 0.6 is 0 Å². The molecule has 1 aromatic rings. The van der Waals surface area contributed by atoms with E-state index in [2.05, 4.69) is 5.32 Å². The van der Waals surface area contributed by atoms with Crippen molar-refractivity contribution in [2.24, 2.45) is 0 Å². The Morgan fingerprint density at radius 3 is 3.00 bits per heavy atom. The summed E-state index contributed by atoms with van der Waals surface area (Å²) in [6, 6.07) is 7.22. The number of ether oxygens (including phenoxy) is 3. The minimum atomic E-state index is -0.150. The van der Waals surface area contributed by atoms with Crippen LogP contribution in [0.25, 0.3) is 0 Å². The Bertz CT molecular complexity index is 457. The number of benzene rings is 1. The van der Waals surface area contributed by atoms with Crippen LogP contribution in [0.5, 0.6) is 5.75 Å². The van der Waals surface area contributed by atoms with Crippen molar-refractivity contribution in [2.45, 2.75) is 31.9 Å². The predicted octanol–water partition coefficient (Wildman–Crippen LogP) is 2.01. The standard InChI is InChI=1S/C16H23NO4/c1-12(10-19-2)17-16(18)14-7-3-4-8-15(14)21-11-13-6-5-9-20-13/h3-4,7-8,12-13H,5-6,9-11H2,1-2H3,(H,17,18). The fraction of sp³-hybridized carbons (Fsp3) is 0.562. The second kappa shape index (κ2) is 8.00. The van der Waals surface area contributed by atoms with E-state index in [0.717, 1.165) is 19.4 Å². The maximum Gasteiger partial charge on any atom is 0.255 e. The third-order valence-electron chi connectivity index (χ3n) is 3.37. The predicted molar refractivity (Wildman–Crippen MR) is 79.7 cm³/mol. The van der Waals surface area contributed by atoms with Gasteiger partial charge < -0.3 is 19.5 Å². The van der Waals surface area contributed by atoms with Crippen molar-refractivity contribution in [2.75, 3.05) is 26.9 Å². The number of para-hydroxylation sites is 1. The largest absolute Gasteiger partial charge is 0.490 e. The van der Waals surface area contributed by atoms with E-state index in [4.69, 9.17) is 14.2 Å². The van der Waals surface area contributed by atoms with E-state index >= 15 is 0 Å². The topological polar surface area (TPSA) is 56.8 Å². The van der Waals surface area contributed by atoms with Crippen LogP contribution in [0.15, 0.2) is 24.3 Å². The van der Waals surface area contributed by atoms with E-state index in [9.17, 15) is 4.79 Å². The summed E-state index contributed by atoms with van der Waals surface area (Å²) in [6.07, 6.45) is 2.22. The number of carbonyl (C=O) groups excluding carboxylic acids is 1. The Balaban J connectivity index is 1.96. The monoisotopic (exact) mass is 293 g/mol. The summed E-state index contributed by atoms with van der Waals surface area (Å²) < 4.78 is 16.3. The van der Waals surface area contributed by atoms with E-state index in [0.29, 0.717) is 24.5 Å². The van der Waals surface area contributed by atoms with Crippen LogP contribution in [0.4, 0.5) is 0 Å². The number of carbonyl (C=O) groups is 1. The molecule has 0 aliphatic carbocycles. The third-order valence-corrected chi connectivity index (χ3v) is 3.37. The summed E-state index contributed by atoms with van der Waals surface area (Å²) >= 11 is 0. The number of amides is 1. The molecule has 5 nitrogen and oxygen atoms in total. The van der Waals surface area contributed by atoms with Gasteiger partial charge in [-0.2, -0.15) is 0 Å². The molecule has 0 radical (unpaired) electrons. The van der Waals surface area contributed by atoms with E-state index in [1.807, 2.05) is 25.1 Å². The molecular formula is C16H23NO4. The summed E-state index contributed by atoms with van der Waals surface area (Å²) in [5.74, 6) is 0.442. The lowest BCUT2D eigenvalue weighted by Crippen LogP contribution is -2.35. The zero-order valence-electron chi connectivity index (χ0n) is 12.6. The van der Waals surface area contributed by atoms with E-state index in [1.165, 1.54) is 0 Å². The molecule has 0 saturated carbocycles. The smallest absolute Gasteiger partial charge is 0.255 e. The summed E-state index contributed by atoms with van der Waals surface area (Å²) in [7, 11) is 1.61. The van der Waals surface area contributed by atoms with Gasteiger partial charge in [0.1, 0.15) is 12.4 Å². The number of nitrogens with one attached hydrogen (secondary N) is 1. The lowest BCUT2D eigenvalue weighted by atomic mass is 10.1. The van der Waals surface area contributed by atoms with Crippen molar-refractivity contribution >= 4 is 5.91 Å². The Hall–Kier alpha value is -1.59. The number of hydrogen-bond donors (Lipinski definition) is 1. The Labute approximate surface area is 125 Å². The summed E-state index contributed by atoms with van der Waals surface area (Å²) in [5, 5.41) is 2.89. The lowest BCUT2D eigenvalue weighted by Gasteiger charge is -2.16. The fourth-order valence-electron chi connectivity index (χ4n) is 2.33. The van der Waals surface area contributed by atoms with Gasteiger partial charge in [-0.3, -0.25) is 4.79 Å². The van der Waals surface area contributed by atoms with Crippen molar-refractivity contribution in [3.8, 4) is 5.75 Å². The highest BCUT2D eigenvalue weighted by atomic mass is 16.5. The minimum absolute atomic E-state index is 0.0475. The van der Waals surface area contributed by atoms with Crippen LogP contribution in [-0.2, 0) is 9.47 Å². The summed E-state index contributed by atoms with van der Waals surface area (Å²) in [6.45, 7) is 3.66. The quantitative estimate of drug-likeness (QED) is 0.835. The lowest BCUT2D eigenvalue weighted by molar-refractivity contribution is 0.0669. The van der Waals surface area contributed by atoms with Crippen molar-refractivity contribution in [1.29, 1.82) is 0 Å². The second-order valence-corrected chi connectivity index (χ2v) is 5.27. The van der Waals surface area contributed by atoms with Crippen molar-refractivity contribution in [3.05, 3.63) is 29.8 Å². The molecule has 1 aromatic carbocycles. The maximum absolute atomic E-state index is 12.3. The third kappa shape index (κ3) is 4.72. The first-order chi connectivity index (χ1) is 10.2. The Kier molecular flexibility index (Phi) is 6.02. The molecule has 0 bridgehead atoms. The number of rotatable bonds is 7. The van der Waals surface area contributed by atoms with E-state index in [1.54, 1.807) is 13.2 Å². The highest BCUT2D eigenvalue weighted by Gasteiger charge is 2.18. The average Bonchev–Trinajstić information content (AvgIpc) is 2.99. The fourth-order valence-corrected chi connectivity index (χ4v) is 2.33. The molecule has 1 amide bonds. The molecule has 0 spiro atoms. The molecule has 1 heterocycles. The van der Waals surface area contributed by atoms with E-state index < -0.39 is 0 Å². The highest BCUT2D eigenvalue weighted by Crippen LogP contribution is 2.20. The normalized spacial score (nSPS) is 19.2. The first kappa shape index (κ1) is 15.8. The second-order valence-electron chi connectivity index (χ2n) is 5.27. The van der Waals surface area contributed by atoms with Gasteiger partial charge in [-0.25, -0.2) is 0 Å². The first-order valence-corrected chi connectivity index (χ1v) is 7.34. The van der Waals surface area contributed by atoms with Gasteiger partial charge in [0.05, 0.1) is 18.3 Å². The molecule has 1 fully saturated rings. The molecule has 116 valence electrons. The van der Waals surface area contributed by atoms with Gasteiger partial charge in [-0.15, -0.1) is 0 Å². The highest BCUT2D eigenvalue weighted by molar-refractivity contribution is 5.97. The molecule has 1 saturated heterocycles. The molecule has 1 aliphatic rings. The van der Waals surface area contributed by atoms with Crippen LogP contribution in [-0.4, -0.2) is 45.0 Å². The average molecular weight is 293 g/mol. The molecule has 5 heteroatoms. The SMILES string of the molecule is COCC(C)NC(=O)c1ccccc1OCC1CCCO1. The zero-order valence-corrected chi connectivity index (χ0v) is 12.6. The number of hydrogen-bond acceptors (Lipinski definition) is 4. The van der Waals surface area contributed by atoms with Gasteiger partial charge in [0.25, 0.3) is 5.91 Å². The van der Waals surface area contributed by atoms with E-state index in [-0.39, 0.29) is 18.1 Å². The molecule has 2 unspecified atom stereocenters. The Morgan fingerprint density at radius 1 is 1.48 bits per heavy atom. The van der Waals surface area contributed by atoms with Gasteiger partial charge in [-0.1, -0.05) is 12.1 Å². The van der Waals surface area contributed by atoms with Crippen LogP contribution < -0.4 is 10.1 Å². The molecule has 2 atom stereocenters. The molecular weight excluding hydrogens is 270 g/mol. The van der Waals surface area contributed by atoms with Crippen molar-refractivity contribution in [3.63, 3.8) is 0 Å². The molecule has 21 heavy (non-hydrogen) atoms. The van der Waals surface area contributed by atoms with Crippen LogP contribution in [0, 0.1) is 0 Å². The summed E-state index contributed by atoms with van der Waals surface area (Å²) in [5.41, 5.74) is 0.540. The molecule has 1 N–H and O–H groups in total. The van der Waals surface area contributed by atoms with Gasteiger partial charge >= 0.3 is 0 Å². The first-order valence-electron chi connectivity index (χ1n) is 7.34. The van der Waals surface area contributed by atoms with Gasteiger partial charge in [0, 0.05) is 19.8 Å². The van der Waals surface area contributed by atoms with Crippen LogP contribution in [0.2, 0.25) is 0 Å². The molecule has 2 rings (SSSR count).